The third kappa shape index (κ3) is 5.62. The normalized spacial score (nSPS) is 9.12. The quantitative estimate of drug-likeness (QED) is 0.295. The van der Waals surface area contributed by atoms with E-state index in [4.69, 9.17) is 5.11 Å². The number of hydrogen-bond acceptors (Lipinski definition) is 3. The van der Waals surface area contributed by atoms with Crippen molar-refractivity contribution in [2.24, 2.45) is 0 Å². The summed E-state index contributed by atoms with van der Waals surface area (Å²) in [7, 11) is 0. The summed E-state index contributed by atoms with van der Waals surface area (Å²) < 4.78 is 0. The Labute approximate surface area is 48.9 Å². The second kappa shape index (κ2) is 6.62. The molecule has 0 aliphatic heterocycles. The Morgan fingerprint density at radius 3 is 3.00 bits per heavy atom. The lowest BCUT2D eigenvalue weighted by Crippen LogP contribution is -2.16. The highest BCUT2D eigenvalue weighted by Crippen LogP contribution is 1.64. The van der Waals surface area contributed by atoms with Gasteiger partial charge < -0.3 is 5.11 Å². The number of hydrogen-bond donors (Lipinski definition) is 2. The molecule has 0 saturated heterocycles. The van der Waals surface area contributed by atoms with Crippen LogP contribution in [0.1, 0.15) is 0 Å². The predicted molar refractivity (Wildman–Crippen MR) is 31.2 cm³/mol. The average Bonchev–Trinajstić information content (AvgIpc) is 1.81. The van der Waals surface area contributed by atoms with Crippen LogP contribution in [0.15, 0.2) is 12.7 Å². The summed E-state index contributed by atoms with van der Waals surface area (Å²) in [6.07, 6.45) is 1.68. The third-order valence-corrected chi connectivity index (χ3v) is 0.523. The first kappa shape index (κ1) is 7.62. The van der Waals surface area contributed by atoms with Crippen molar-refractivity contribution in [1.82, 2.24) is 5.48 Å². The molecule has 3 heteroatoms. The summed E-state index contributed by atoms with van der Waals surface area (Å²) in [4.78, 5) is 4.65. The molecule has 48 valence electrons. The average molecular weight is 117 g/mol. The van der Waals surface area contributed by atoms with E-state index in [1.54, 1.807) is 6.08 Å². The molecule has 8 heavy (non-hydrogen) atoms. The van der Waals surface area contributed by atoms with Crippen molar-refractivity contribution < 1.29 is 9.94 Å². The maximum Gasteiger partial charge on any atom is 0.0913 e. The molecular formula is C5H11NO2. The molecule has 0 atom stereocenters. The maximum atomic E-state index is 8.17. The van der Waals surface area contributed by atoms with Gasteiger partial charge in [0.25, 0.3) is 0 Å². The molecule has 0 aliphatic rings. The lowest BCUT2D eigenvalue weighted by Gasteiger charge is -1.97. The van der Waals surface area contributed by atoms with Crippen molar-refractivity contribution in [3.8, 4) is 0 Å². The van der Waals surface area contributed by atoms with Gasteiger partial charge in [0.2, 0.25) is 0 Å². The van der Waals surface area contributed by atoms with Gasteiger partial charge in [-0.25, -0.2) is 0 Å². The van der Waals surface area contributed by atoms with Crippen molar-refractivity contribution in [1.29, 1.82) is 0 Å². The van der Waals surface area contributed by atoms with E-state index in [9.17, 15) is 0 Å². The first-order valence-corrected chi connectivity index (χ1v) is 2.48. The van der Waals surface area contributed by atoms with Gasteiger partial charge in [0.1, 0.15) is 0 Å². The van der Waals surface area contributed by atoms with Crippen LogP contribution in [0.4, 0.5) is 0 Å². The number of aliphatic hydroxyl groups excluding tert-OH is 1. The summed E-state index contributed by atoms with van der Waals surface area (Å²) in [5, 5.41) is 8.17. The highest BCUT2D eigenvalue weighted by Gasteiger charge is 1.78. The van der Waals surface area contributed by atoms with Gasteiger partial charge >= 0.3 is 0 Å². The summed E-state index contributed by atoms with van der Waals surface area (Å²) >= 11 is 0. The van der Waals surface area contributed by atoms with Gasteiger partial charge in [-0.15, -0.1) is 6.58 Å². The van der Waals surface area contributed by atoms with E-state index in [2.05, 4.69) is 16.9 Å². The zero-order valence-electron chi connectivity index (χ0n) is 4.76. The molecule has 0 spiro atoms. The number of rotatable bonds is 5. The summed E-state index contributed by atoms with van der Waals surface area (Å²) in [5.74, 6) is 0. The Balaban J connectivity index is 2.62. The molecule has 0 rings (SSSR count). The molecule has 0 aromatic heterocycles. The molecule has 0 fully saturated rings. The first-order valence-electron chi connectivity index (χ1n) is 2.48. The first-order chi connectivity index (χ1) is 3.91. The second-order valence-electron chi connectivity index (χ2n) is 1.21. The summed E-state index contributed by atoms with van der Waals surface area (Å²) in [5.41, 5.74) is 2.56. The summed E-state index contributed by atoms with van der Waals surface area (Å²) in [6, 6.07) is 0. The Bertz CT molecular complexity index is 56.4. The lowest BCUT2D eigenvalue weighted by atomic mass is 10.7. The van der Waals surface area contributed by atoms with E-state index in [1.807, 2.05) is 0 Å². The smallest absolute Gasteiger partial charge is 0.0913 e. The number of aliphatic hydroxyl groups is 1. The monoisotopic (exact) mass is 117 g/mol. The van der Waals surface area contributed by atoms with E-state index in [1.165, 1.54) is 0 Å². The second-order valence-corrected chi connectivity index (χ2v) is 1.21. The molecular weight excluding hydrogens is 106 g/mol. The van der Waals surface area contributed by atoms with Crippen LogP contribution < -0.4 is 5.48 Å². The standard InChI is InChI=1S/C5H11NO2/c1-2-3-6-8-5-4-7/h2,6-7H,1,3-5H2. The molecule has 2 N–H and O–H groups in total. The van der Waals surface area contributed by atoms with Crippen LogP contribution in [0, 0.1) is 0 Å². The van der Waals surface area contributed by atoms with Gasteiger partial charge in [0, 0.05) is 6.54 Å². The van der Waals surface area contributed by atoms with E-state index >= 15 is 0 Å². The van der Waals surface area contributed by atoms with Crippen LogP contribution in [-0.2, 0) is 4.84 Å². The Morgan fingerprint density at radius 2 is 2.50 bits per heavy atom. The van der Waals surface area contributed by atoms with Crippen molar-refractivity contribution in [3.05, 3.63) is 12.7 Å². The van der Waals surface area contributed by atoms with Crippen molar-refractivity contribution in [3.63, 3.8) is 0 Å². The van der Waals surface area contributed by atoms with Gasteiger partial charge in [-0.2, -0.15) is 5.48 Å². The number of hydroxylamine groups is 1. The van der Waals surface area contributed by atoms with Crippen LogP contribution >= 0.6 is 0 Å². The van der Waals surface area contributed by atoms with Gasteiger partial charge in [0.05, 0.1) is 13.2 Å². The van der Waals surface area contributed by atoms with Gasteiger partial charge in [-0.3, -0.25) is 4.84 Å². The van der Waals surface area contributed by atoms with Crippen molar-refractivity contribution >= 4 is 0 Å². The Kier molecular flexibility index (Phi) is 6.31. The topological polar surface area (TPSA) is 41.5 Å². The zero-order valence-corrected chi connectivity index (χ0v) is 4.76. The van der Waals surface area contributed by atoms with Crippen molar-refractivity contribution in [2.45, 2.75) is 0 Å². The molecule has 3 nitrogen and oxygen atoms in total. The third-order valence-electron chi connectivity index (χ3n) is 0.523. The fourth-order valence-corrected chi connectivity index (χ4v) is 0.236. The fraction of sp³-hybridized carbons (Fsp3) is 0.600. The van der Waals surface area contributed by atoms with E-state index < -0.39 is 0 Å². The molecule has 0 aliphatic carbocycles. The molecule has 0 heterocycles. The SMILES string of the molecule is C=CCNOCCO. The maximum absolute atomic E-state index is 8.17. The van der Waals surface area contributed by atoms with Crippen LogP contribution in [-0.4, -0.2) is 24.9 Å². The zero-order chi connectivity index (χ0) is 6.24. The van der Waals surface area contributed by atoms with E-state index in [0.717, 1.165) is 0 Å². The fourth-order valence-electron chi connectivity index (χ4n) is 0.236. The molecule has 0 radical (unpaired) electrons. The van der Waals surface area contributed by atoms with Crippen LogP contribution in [0.25, 0.3) is 0 Å². The van der Waals surface area contributed by atoms with Crippen molar-refractivity contribution in [2.75, 3.05) is 19.8 Å². The van der Waals surface area contributed by atoms with Gasteiger partial charge in [-0.1, -0.05) is 6.08 Å². The highest BCUT2D eigenvalue weighted by atomic mass is 16.6. The van der Waals surface area contributed by atoms with E-state index in [0.29, 0.717) is 13.2 Å². The lowest BCUT2D eigenvalue weighted by molar-refractivity contribution is 0.0237. The van der Waals surface area contributed by atoms with Crippen LogP contribution in [0.3, 0.4) is 0 Å². The van der Waals surface area contributed by atoms with Gasteiger partial charge in [0.15, 0.2) is 0 Å². The Morgan fingerprint density at radius 1 is 1.75 bits per heavy atom. The summed E-state index contributed by atoms with van der Waals surface area (Å²) in [6.45, 7) is 4.44. The highest BCUT2D eigenvalue weighted by molar-refractivity contribution is 4.65. The molecule has 0 saturated carbocycles. The minimum atomic E-state index is 0.0458. The predicted octanol–water partition coefficient (Wildman–Crippen LogP) is -0.314. The Hall–Kier alpha value is -0.380. The van der Waals surface area contributed by atoms with Crippen LogP contribution in [0.2, 0.25) is 0 Å². The number of nitrogens with one attached hydrogen (secondary N) is 1. The minimum absolute atomic E-state index is 0.0458. The molecule has 0 unspecified atom stereocenters. The molecule has 0 aromatic carbocycles. The largest absolute Gasteiger partial charge is 0.394 e. The molecule has 0 bridgehead atoms. The van der Waals surface area contributed by atoms with E-state index in [-0.39, 0.29) is 6.61 Å². The van der Waals surface area contributed by atoms with Gasteiger partial charge in [-0.05, 0) is 0 Å². The minimum Gasteiger partial charge on any atom is -0.394 e. The molecule has 0 aromatic rings. The van der Waals surface area contributed by atoms with Crippen LogP contribution in [0.5, 0.6) is 0 Å². The molecule has 0 amide bonds.